The Morgan fingerprint density at radius 1 is 1.08 bits per heavy atom. The second kappa shape index (κ2) is 7.31. The van der Waals surface area contributed by atoms with E-state index in [-0.39, 0.29) is 5.43 Å². The summed E-state index contributed by atoms with van der Waals surface area (Å²) < 4.78 is 17.0. The van der Waals surface area contributed by atoms with Gasteiger partial charge >= 0.3 is 0 Å². The molecule has 4 heteroatoms. The second-order valence-corrected chi connectivity index (χ2v) is 5.92. The first-order valence-electron chi connectivity index (χ1n) is 8.17. The lowest BCUT2D eigenvalue weighted by atomic mass is 10.1. The lowest BCUT2D eigenvalue weighted by Gasteiger charge is -2.13. The Labute approximate surface area is 152 Å². The molecule has 0 aliphatic carbocycles. The van der Waals surface area contributed by atoms with Crippen LogP contribution in [0.15, 0.2) is 69.9 Å². The predicted octanol–water partition coefficient (Wildman–Crippen LogP) is 5.07. The van der Waals surface area contributed by atoms with Crippen LogP contribution in [0.1, 0.15) is 12.5 Å². The van der Waals surface area contributed by atoms with Gasteiger partial charge in [-0.25, -0.2) is 0 Å². The van der Waals surface area contributed by atoms with E-state index in [1.807, 2.05) is 49.4 Å². The molecule has 0 saturated heterocycles. The van der Waals surface area contributed by atoms with E-state index in [1.165, 1.54) is 13.2 Å². The fourth-order valence-corrected chi connectivity index (χ4v) is 2.76. The monoisotopic (exact) mass is 348 g/mol. The van der Waals surface area contributed by atoms with E-state index in [9.17, 15) is 4.79 Å². The van der Waals surface area contributed by atoms with E-state index in [2.05, 4.69) is 6.58 Å². The molecule has 2 aromatic carbocycles. The standard InChI is InChI=1S/C22H20O4/c1-14(2)10-11-16-19(24-3)13-20(25-4)21-17(23)12-18(26-22(16)21)15-8-6-5-7-9-15/h5-13H,1H2,2-4H3/b11-10+. The van der Waals surface area contributed by atoms with Gasteiger partial charge in [-0.1, -0.05) is 48.6 Å². The molecule has 3 aromatic rings. The zero-order valence-electron chi connectivity index (χ0n) is 15.0. The molecular formula is C22H20O4. The molecule has 0 saturated carbocycles. The van der Waals surface area contributed by atoms with Crippen molar-refractivity contribution in [2.75, 3.05) is 14.2 Å². The molecular weight excluding hydrogens is 328 g/mol. The van der Waals surface area contributed by atoms with Crippen LogP contribution in [0.2, 0.25) is 0 Å². The van der Waals surface area contributed by atoms with Crippen LogP contribution >= 0.6 is 0 Å². The first-order valence-corrected chi connectivity index (χ1v) is 8.17. The SMILES string of the molecule is C=C(C)/C=C/c1c(OC)cc(OC)c2c(=O)cc(-c3ccccc3)oc12. The van der Waals surface area contributed by atoms with Crippen molar-refractivity contribution in [3.8, 4) is 22.8 Å². The number of rotatable bonds is 5. The Kier molecular flexibility index (Phi) is 4.94. The van der Waals surface area contributed by atoms with Gasteiger partial charge in [-0.05, 0) is 13.0 Å². The molecule has 0 unspecified atom stereocenters. The predicted molar refractivity (Wildman–Crippen MR) is 105 cm³/mol. The smallest absolute Gasteiger partial charge is 0.197 e. The minimum absolute atomic E-state index is 0.172. The second-order valence-electron chi connectivity index (χ2n) is 5.92. The number of benzene rings is 2. The number of allylic oxidation sites excluding steroid dienone is 2. The largest absolute Gasteiger partial charge is 0.496 e. The molecule has 0 radical (unpaired) electrons. The Morgan fingerprint density at radius 2 is 1.77 bits per heavy atom. The van der Waals surface area contributed by atoms with Gasteiger partial charge in [0.05, 0.1) is 19.8 Å². The highest BCUT2D eigenvalue weighted by atomic mass is 16.5. The van der Waals surface area contributed by atoms with Gasteiger partial charge < -0.3 is 13.9 Å². The van der Waals surface area contributed by atoms with E-state index >= 15 is 0 Å². The van der Waals surface area contributed by atoms with Crippen molar-refractivity contribution in [3.63, 3.8) is 0 Å². The molecule has 0 fully saturated rings. The van der Waals surface area contributed by atoms with Crippen LogP contribution in [-0.2, 0) is 0 Å². The first kappa shape index (κ1) is 17.5. The third kappa shape index (κ3) is 3.26. The maximum atomic E-state index is 12.8. The molecule has 0 N–H and O–H groups in total. The highest BCUT2D eigenvalue weighted by molar-refractivity contribution is 5.94. The van der Waals surface area contributed by atoms with Gasteiger partial charge in [-0.3, -0.25) is 4.79 Å². The van der Waals surface area contributed by atoms with Crippen molar-refractivity contribution in [2.24, 2.45) is 0 Å². The summed E-state index contributed by atoms with van der Waals surface area (Å²) in [5.41, 5.74) is 2.61. The van der Waals surface area contributed by atoms with Gasteiger partial charge in [-0.2, -0.15) is 0 Å². The summed E-state index contributed by atoms with van der Waals surface area (Å²) >= 11 is 0. The summed E-state index contributed by atoms with van der Waals surface area (Å²) in [5, 5.41) is 0.384. The minimum Gasteiger partial charge on any atom is -0.496 e. The van der Waals surface area contributed by atoms with Crippen molar-refractivity contribution < 1.29 is 13.9 Å². The highest BCUT2D eigenvalue weighted by Crippen LogP contribution is 2.37. The van der Waals surface area contributed by atoms with Crippen molar-refractivity contribution >= 4 is 17.0 Å². The molecule has 26 heavy (non-hydrogen) atoms. The van der Waals surface area contributed by atoms with E-state index in [4.69, 9.17) is 13.9 Å². The summed E-state index contributed by atoms with van der Waals surface area (Å²) in [6.45, 7) is 5.77. The van der Waals surface area contributed by atoms with Crippen molar-refractivity contribution in [1.82, 2.24) is 0 Å². The van der Waals surface area contributed by atoms with E-state index < -0.39 is 0 Å². The summed E-state index contributed by atoms with van der Waals surface area (Å²) in [5.74, 6) is 1.46. The van der Waals surface area contributed by atoms with Gasteiger partial charge in [0.15, 0.2) is 11.0 Å². The zero-order chi connectivity index (χ0) is 18.7. The maximum Gasteiger partial charge on any atom is 0.197 e. The van der Waals surface area contributed by atoms with Crippen LogP contribution in [0.3, 0.4) is 0 Å². The highest BCUT2D eigenvalue weighted by Gasteiger charge is 2.18. The lowest BCUT2D eigenvalue weighted by Crippen LogP contribution is -2.05. The number of hydrogen-bond acceptors (Lipinski definition) is 4. The molecule has 4 nitrogen and oxygen atoms in total. The third-order valence-electron chi connectivity index (χ3n) is 4.00. The minimum atomic E-state index is -0.172. The summed E-state index contributed by atoms with van der Waals surface area (Å²) in [6, 6.07) is 12.7. The lowest BCUT2D eigenvalue weighted by molar-refractivity contribution is 0.395. The number of methoxy groups -OCH3 is 2. The fourth-order valence-electron chi connectivity index (χ4n) is 2.76. The van der Waals surface area contributed by atoms with Gasteiger partial charge in [0.25, 0.3) is 0 Å². The fraction of sp³-hybridized carbons (Fsp3) is 0.136. The molecule has 3 rings (SSSR count). The Hall–Kier alpha value is -3.27. The maximum absolute atomic E-state index is 12.8. The van der Waals surface area contributed by atoms with Crippen LogP contribution in [-0.4, -0.2) is 14.2 Å². The Morgan fingerprint density at radius 3 is 2.38 bits per heavy atom. The molecule has 1 heterocycles. The molecule has 132 valence electrons. The van der Waals surface area contributed by atoms with Gasteiger partial charge in [0.2, 0.25) is 0 Å². The normalized spacial score (nSPS) is 11.0. The summed E-state index contributed by atoms with van der Waals surface area (Å²) in [4.78, 5) is 12.8. The zero-order valence-corrected chi connectivity index (χ0v) is 15.0. The van der Waals surface area contributed by atoms with Crippen LogP contribution in [0.4, 0.5) is 0 Å². The Balaban J connectivity index is 2.41. The molecule has 0 aliphatic rings. The van der Waals surface area contributed by atoms with E-state index in [0.717, 1.165) is 11.1 Å². The number of fused-ring (bicyclic) bond motifs is 1. The van der Waals surface area contributed by atoms with Crippen LogP contribution < -0.4 is 14.9 Å². The molecule has 0 atom stereocenters. The third-order valence-corrected chi connectivity index (χ3v) is 4.00. The van der Waals surface area contributed by atoms with Crippen LogP contribution in [0.25, 0.3) is 28.4 Å². The first-order chi connectivity index (χ1) is 12.5. The van der Waals surface area contributed by atoms with Crippen LogP contribution in [0.5, 0.6) is 11.5 Å². The Bertz CT molecular complexity index is 1040. The molecule has 0 bridgehead atoms. The van der Waals surface area contributed by atoms with E-state index in [1.54, 1.807) is 13.2 Å². The van der Waals surface area contributed by atoms with Gasteiger partial charge in [-0.15, -0.1) is 0 Å². The summed E-state index contributed by atoms with van der Waals surface area (Å²) in [6.07, 6.45) is 3.68. The van der Waals surface area contributed by atoms with E-state index in [0.29, 0.717) is 33.8 Å². The van der Waals surface area contributed by atoms with Crippen molar-refractivity contribution in [1.29, 1.82) is 0 Å². The summed E-state index contributed by atoms with van der Waals surface area (Å²) in [7, 11) is 3.08. The van der Waals surface area contributed by atoms with Crippen LogP contribution in [0, 0.1) is 0 Å². The molecule has 0 spiro atoms. The molecule has 0 amide bonds. The quantitative estimate of drug-likeness (QED) is 0.604. The number of hydrogen-bond donors (Lipinski definition) is 0. The van der Waals surface area contributed by atoms with Gasteiger partial charge in [0.1, 0.15) is 22.6 Å². The van der Waals surface area contributed by atoms with Crippen molar-refractivity contribution in [2.45, 2.75) is 6.92 Å². The average molecular weight is 348 g/mol. The van der Waals surface area contributed by atoms with Gasteiger partial charge in [0, 0.05) is 17.7 Å². The molecule has 1 aromatic heterocycles. The number of ether oxygens (including phenoxy) is 2. The topological polar surface area (TPSA) is 48.7 Å². The van der Waals surface area contributed by atoms with Crippen molar-refractivity contribution in [3.05, 3.63) is 76.5 Å². The molecule has 0 aliphatic heterocycles. The average Bonchev–Trinajstić information content (AvgIpc) is 2.65.